The molecule has 1 amide bonds. The van der Waals surface area contributed by atoms with Gasteiger partial charge in [-0.1, -0.05) is 18.2 Å². The topological polar surface area (TPSA) is 59.1 Å². The maximum Gasteiger partial charge on any atom is 0.308 e. The van der Waals surface area contributed by atoms with Gasteiger partial charge in [-0.2, -0.15) is 0 Å². The lowest BCUT2D eigenvalue weighted by Gasteiger charge is -2.31. The molecule has 2 atom stereocenters. The smallest absolute Gasteiger partial charge is 0.308 e. The van der Waals surface area contributed by atoms with Gasteiger partial charge in [0.2, 0.25) is 0 Å². The summed E-state index contributed by atoms with van der Waals surface area (Å²) in [6.45, 7) is 6.39. The molecule has 2 aliphatic rings. The van der Waals surface area contributed by atoms with Crippen LogP contribution in [0.4, 0.5) is 5.69 Å². The Morgan fingerprint density at radius 3 is 2.43 bits per heavy atom. The molecule has 0 aliphatic carbocycles. The minimum absolute atomic E-state index is 0.0943. The summed E-state index contributed by atoms with van der Waals surface area (Å²) in [6.07, 6.45) is 0.232. The second kappa shape index (κ2) is 4.84. The molecule has 0 saturated carbocycles. The summed E-state index contributed by atoms with van der Waals surface area (Å²) in [7, 11) is 0. The quantitative estimate of drug-likeness (QED) is 0.628. The van der Waals surface area contributed by atoms with E-state index in [0.29, 0.717) is 6.61 Å². The highest BCUT2D eigenvalue weighted by Crippen LogP contribution is 2.36. The monoisotopic (exact) mass is 289 g/mol. The van der Waals surface area contributed by atoms with Crippen molar-refractivity contribution in [2.24, 2.45) is 0 Å². The van der Waals surface area contributed by atoms with Crippen LogP contribution in [-0.4, -0.2) is 36.7 Å². The second-order valence-electron chi connectivity index (χ2n) is 5.98. The van der Waals surface area contributed by atoms with E-state index in [0.717, 1.165) is 16.8 Å². The number of hydrogen-bond donors (Lipinski definition) is 0. The number of epoxide rings is 1. The first-order valence-corrected chi connectivity index (χ1v) is 7.12. The van der Waals surface area contributed by atoms with E-state index in [1.165, 1.54) is 0 Å². The zero-order valence-corrected chi connectivity index (χ0v) is 12.5. The van der Waals surface area contributed by atoms with Crippen molar-refractivity contribution in [3.05, 3.63) is 29.3 Å². The molecule has 3 rings (SSSR count). The predicted molar refractivity (Wildman–Crippen MR) is 77.1 cm³/mol. The summed E-state index contributed by atoms with van der Waals surface area (Å²) >= 11 is 0. The van der Waals surface area contributed by atoms with Crippen LogP contribution in [0.5, 0.6) is 0 Å². The number of rotatable bonds is 3. The molecule has 0 aromatic heterocycles. The minimum atomic E-state index is -0.764. The van der Waals surface area contributed by atoms with Gasteiger partial charge in [-0.05, 0) is 31.9 Å². The van der Waals surface area contributed by atoms with Gasteiger partial charge in [0.05, 0.1) is 24.8 Å². The number of ether oxygens (including phenoxy) is 2. The number of esters is 1. The lowest BCUT2D eigenvalue weighted by molar-refractivity contribution is -0.138. The van der Waals surface area contributed by atoms with Crippen molar-refractivity contribution < 1.29 is 19.1 Å². The summed E-state index contributed by atoms with van der Waals surface area (Å²) in [5.74, 6) is -0.353. The normalized spacial score (nSPS) is 27.4. The Balaban J connectivity index is 2.03. The van der Waals surface area contributed by atoms with E-state index in [1.807, 2.05) is 32.0 Å². The largest absolute Gasteiger partial charge is 0.463 e. The van der Waals surface area contributed by atoms with Crippen LogP contribution in [0.25, 0.3) is 0 Å². The molecule has 2 saturated heterocycles. The Labute approximate surface area is 123 Å². The number of cyclic esters (lactones) is 1. The summed E-state index contributed by atoms with van der Waals surface area (Å²) in [6, 6.07) is 5.64. The molecule has 0 spiro atoms. The number of amides is 1. The molecule has 1 aromatic carbocycles. The number of benzene rings is 1. The van der Waals surface area contributed by atoms with Crippen LogP contribution in [-0.2, 0) is 19.1 Å². The number of anilines is 1. The van der Waals surface area contributed by atoms with E-state index in [9.17, 15) is 9.59 Å². The molecule has 21 heavy (non-hydrogen) atoms. The molecule has 2 heterocycles. The number of aryl methyl sites for hydroxylation is 2. The van der Waals surface area contributed by atoms with Crippen molar-refractivity contribution in [2.45, 2.75) is 38.8 Å². The maximum atomic E-state index is 12.9. The SMILES string of the molecule is Cc1cccc(C)c1N(C(=O)C1(C)CO1)C1COC(=O)C1. The Morgan fingerprint density at radius 2 is 1.95 bits per heavy atom. The fourth-order valence-electron chi connectivity index (χ4n) is 2.79. The fraction of sp³-hybridized carbons (Fsp3) is 0.500. The lowest BCUT2D eigenvalue weighted by atomic mass is 10.0. The summed E-state index contributed by atoms with van der Waals surface area (Å²) in [5, 5.41) is 0. The van der Waals surface area contributed by atoms with Crippen molar-refractivity contribution in [3.63, 3.8) is 0 Å². The van der Waals surface area contributed by atoms with Crippen LogP contribution in [0.2, 0.25) is 0 Å². The van der Waals surface area contributed by atoms with Crippen LogP contribution < -0.4 is 4.90 Å². The van der Waals surface area contributed by atoms with Crippen molar-refractivity contribution >= 4 is 17.6 Å². The van der Waals surface area contributed by atoms with Gasteiger partial charge in [-0.15, -0.1) is 0 Å². The maximum absolute atomic E-state index is 12.9. The summed E-state index contributed by atoms with van der Waals surface area (Å²) in [5.41, 5.74) is 2.11. The van der Waals surface area contributed by atoms with Crippen LogP contribution in [0, 0.1) is 13.8 Å². The minimum Gasteiger partial charge on any atom is -0.463 e. The standard InChI is InChI=1S/C16H19NO4/c1-10-5-4-6-11(2)14(10)17(12-7-13(18)20-8-12)15(19)16(3)9-21-16/h4-6,12H,7-9H2,1-3H3. The first-order chi connectivity index (χ1) is 9.92. The van der Waals surface area contributed by atoms with Gasteiger partial charge in [0.15, 0.2) is 5.60 Å². The molecule has 112 valence electrons. The highest BCUT2D eigenvalue weighted by molar-refractivity contribution is 6.03. The van der Waals surface area contributed by atoms with Gasteiger partial charge >= 0.3 is 5.97 Å². The van der Waals surface area contributed by atoms with Crippen LogP contribution >= 0.6 is 0 Å². The van der Waals surface area contributed by atoms with Crippen molar-refractivity contribution in [1.82, 2.24) is 0 Å². The zero-order valence-electron chi connectivity index (χ0n) is 12.5. The molecule has 0 radical (unpaired) electrons. The molecule has 2 aliphatic heterocycles. The zero-order chi connectivity index (χ0) is 15.2. The molecule has 5 heteroatoms. The number of hydrogen-bond acceptors (Lipinski definition) is 4. The highest BCUT2D eigenvalue weighted by Gasteiger charge is 2.52. The molecule has 1 aromatic rings. The first-order valence-electron chi connectivity index (χ1n) is 7.12. The molecular formula is C16H19NO4. The van der Waals surface area contributed by atoms with E-state index in [1.54, 1.807) is 11.8 Å². The number of nitrogens with zero attached hydrogens (tertiary/aromatic N) is 1. The Bertz CT molecular complexity index is 586. The first kappa shape index (κ1) is 14.1. The fourth-order valence-corrected chi connectivity index (χ4v) is 2.79. The third-order valence-corrected chi connectivity index (χ3v) is 4.13. The predicted octanol–water partition coefficient (Wildman–Crippen LogP) is 1.74. The highest BCUT2D eigenvalue weighted by atomic mass is 16.6. The number of para-hydroxylation sites is 1. The Kier molecular flexibility index (Phi) is 3.24. The van der Waals surface area contributed by atoms with E-state index >= 15 is 0 Å². The third-order valence-electron chi connectivity index (χ3n) is 4.13. The van der Waals surface area contributed by atoms with E-state index in [2.05, 4.69) is 0 Å². The van der Waals surface area contributed by atoms with Gasteiger partial charge in [0.1, 0.15) is 6.61 Å². The van der Waals surface area contributed by atoms with Crippen LogP contribution in [0.3, 0.4) is 0 Å². The number of carbonyl (C=O) groups excluding carboxylic acids is 2. The van der Waals surface area contributed by atoms with E-state index in [-0.39, 0.29) is 30.9 Å². The average molecular weight is 289 g/mol. The van der Waals surface area contributed by atoms with E-state index in [4.69, 9.17) is 9.47 Å². The van der Waals surface area contributed by atoms with Crippen LogP contribution in [0.15, 0.2) is 18.2 Å². The van der Waals surface area contributed by atoms with Gasteiger partial charge < -0.3 is 14.4 Å². The van der Waals surface area contributed by atoms with Gasteiger partial charge in [-0.25, -0.2) is 0 Å². The molecule has 0 bridgehead atoms. The van der Waals surface area contributed by atoms with Crippen LogP contribution in [0.1, 0.15) is 24.5 Å². The molecule has 2 unspecified atom stereocenters. The number of carbonyl (C=O) groups is 2. The lowest BCUT2D eigenvalue weighted by Crippen LogP contribution is -2.47. The Morgan fingerprint density at radius 1 is 1.33 bits per heavy atom. The molecule has 2 fully saturated rings. The van der Waals surface area contributed by atoms with Gasteiger partial charge in [-0.3, -0.25) is 9.59 Å². The second-order valence-corrected chi connectivity index (χ2v) is 5.98. The average Bonchev–Trinajstić information content (AvgIpc) is 3.04. The van der Waals surface area contributed by atoms with Gasteiger partial charge in [0, 0.05) is 0 Å². The summed E-state index contributed by atoms with van der Waals surface area (Å²) < 4.78 is 10.4. The van der Waals surface area contributed by atoms with Crippen molar-refractivity contribution in [3.8, 4) is 0 Å². The third kappa shape index (κ3) is 2.42. The summed E-state index contributed by atoms with van der Waals surface area (Å²) in [4.78, 5) is 26.0. The molecular weight excluding hydrogens is 270 g/mol. The Hall–Kier alpha value is -1.88. The van der Waals surface area contributed by atoms with Crippen molar-refractivity contribution in [2.75, 3.05) is 18.1 Å². The molecule has 0 N–H and O–H groups in total. The van der Waals surface area contributed by atoms with Gasteiger partial charge in [0.25, 0.3) is 5.91 Å². The molecule has 5 nitrogen and oxygen atoms in total. The van der Waals surface area contributed by atoms with Crippen molar-refractivity contribution in [1.29, 1.82) is 0 Å². The van der Waals surface area contributed by atoms with E-state index < -0.39 is 5.60 Å².